The fourth-order valence-electron chi connectivity index (χ4n) is 11.4. The first-order chi connectivity index (χ1) is 45.4. The zero-order chi connectivity index (χ0) is 69.3. The van der Waals surface area contributed by atoms with E-state index in [9.17, 15) is 43.2 Å². The Morgan fingerprint density at radius 3 is 0.809 bits per heavy atom. The third-order valence-electron chi connectivity index (χ3n) is 17.8. The van der Waals surface area contributed by atoms with Gasteiger partial charge in [0.2, 0.25) is 0 Å². The summed E-state index contributed by atoms with van der Waals surface area (Å²) in [4.78, 5) is 72.7. The van der Waals surface area contributed by atoms with E-state index in [1.807, 2.05) is 0 Å². The minimum Gasteiger partial charge on any atom is -0.462 e. The van der Waals surface area contributed by atoms with Crippen molar-refractivity contribution in [3.63, 3.8) is 0 Å². The van der Waals surface area contributed by atoms with E-state index in [1.165, 1.54) is 199 Å². The second-order valence-corrected chi connectivity index (χ2v) is 30.7. The molecule has 558 valence electrons. The number of phosphoric ester groups is 2. The first-order valence-corrected chi connectivity index (χ1v) is 42.0. The molecule has 0 radical (unpaired) electrons. The van der Waals surface area contributed by atoms with E-state index < -0.39 is 97.5 Å². The van der Waals surface area contributed by atoms with Crippen molar-refractivity contribution in [2.75, 3.05) is 39.6 Å². The lowest BCUT2D eigenvalue weighted by Crippen LogP contribution is -2.30. The van der Waals surface area contributed by atoms with Gasteiger partial charge in [-0.15, -0.1) is 0 Å². The number of ether oxygens (including phenoxy) is 4. The predicted molar refractivity (Wildman–Crippen MR) is 381 cm³/mol. The fraction of sp³-hybridized carbons (Fsp3) is 0.947. The van der Waals surface area contributed by atoms with Gasteiger partial charge in [0.25, 0.3) is 0 Å². The highest BCUT2D eigenvalue weighted by molar-refractivity contribution is 7.47. The van der Waals surface area contributed by atoms with Crippen molar-refractivity contribution in [2.45, 2.75) is 407 Å². The summed E-state index contributed by atoms with van der Waals surface area (Å²) in [5.41, 5.74) is 0. The van der Waals surface area contributed by atoms with Crippen LogP contribution in [-0.4, -0.2) is 96.7 Å². The summed E-state index contributed by atoms with van der Waals surface area (Å²) in [6, 6.07) is 0. The molecule has 0 aliphatic heterocycles. The lowest BCUT2D eigenvalue weighted by molar-refractivity contribution is -0.161. The topological polar surface area (TPSA) is 237 Å². The minimum atomic E-state index is -4.96. The van der Waals surface area contributed by atoms with Crippen LogP contribution >= 0.6 is 15.6 Å². The molecule has 3 unspecified atom stereocenters. The van der Waals surface area contributed by atoms with Crippen LogP contribution in [0.4, 0.5) is 0 Å². The van der Waals surface area contributed by atoms with E-state index in [0.29, 0.717) is 31.6 Å². The first-order valence-electron chi connectivity index (χ1n) is 39.0. The first kappa shape index (κ1) is 92.1. The molecule has 0 heterocycles. The Morgan fingerprint density at radius 2 is 0.543 bits per heavy atom. The molecular weight excluding hydrogens is 1230 g/mol. The fourth-order valence-corrected chi connectivity index (χ4v) is 13.0. The summed E-state index contributed by atoms with van der Waals surface area (Å²) in [6.45, 7) is 9.53. The SMILES string of the molecule is CCCCCCCCCCCCCCCCCCCCCCC(=O)O[C@H](COC(=O)CCCCCCCCCCC(C)CC)COP(=O)(O)OC[C@@H](O)COP(=O)(O)OC[C@@H](COC(=O)CCCCCCCCCC(C)C)OC(=O)CCCCCCCCCCCCCC. The minimum absolute atomic E-state index is 0.107. The van der Waals surface area contributed by atoms with Crippen LogP contribution in [0.2, 0.25) is 0 Å². The molecule has 0 amide bonds. The maximum Gasteiger partial charge on any atom is 0.472 e. The molecule has 0 aromatic carbocycles. The van der Waals surface area contributed by atoms with Crippen LogP contribution in [0.3, 0.4) is 0 Å². The Balaban J connectivity index is 5.21. The molecule has 0 aromatic heterocycles. The molecule has 0 aliphatic carbocycles. The summed E-state index contributed by atoms with van der Waals surface area (Å²) < 4.78 is 68.4. The zero-order valence-corrected chi connectivity index (χ0v) is 63.1. The van der Waals surface area contributed by atoms with Crippen molar-refractivity contribution in [1.29, 1.82) is 0 Å². The molecule has 0 rings (SSSR count). The van der Waals surface area contributed by atoms with Crippen LogP contribution in [0.25, 0.3) is 0 Å². The highest BCUT2D eigenvalue weighted by atomic mass is 31.2. The maximum absolute atomic E-state index is 13.1. The molecule has 0 fully saturated rings. The third kappa shape index (κ3) is 67.3. The highest BCUT2D eigenvalue weighted by Gasteiger charge is 2.30. The number of aliphatic hydroxyl groups is 1. The molecule has 0 saturated heterocycles. The van der Waals surface area contributed by atoms with Crippen molar-refractivity contribution in [1.82, 2.24) is 0 Å². The van der Waals surface area contributed by atoms with Gasteiger partial charge in [-0.25, -0.2) is 9.13 Å². The number of phosphoric acid groups is 2. The van der Waals surface area contributed by atoms with Crippen molar-refractivity contribution in [3.05, 3.63) is 0 Å². The molecule has 0 aliphatic rings. The second-order valence-electron chi connectivity index (χ2n) is 27.8. The van der Waals surface area contributed by atoms with Crippen molar-refractivity contribution >= 4 is 39.5 Å². The molecule has 17 nitrogen and oxygen atoms in total. The zero-order valence-electron chi connectivity index (χ0n) is 61.3. The Hall–Kier alpha value is -1.94. The van der Waals surface area contributed by atoms with Gasteiger partial charge >= 0.3 is 39.5 Å². The van der Waals surface area contributed by atoms with Crippen LogP contribution in [0.1, 0.15) is 388 Å². The Kier molecular flexibility index (Phi) is 65.5. The number of aliphatic hydroxyl groups excluding tert-OH is 1. The van der Waals surface area contributed by atoms with Crippen LogP contribution < -0.4 is 0 Å². The summed E-state index contributed by atoms with van der Waals surface area (Å²) in [6.07, 6.45) is 54.2. The largest absolute Gasteiger partial charge is 0.472 e. The summed E-state index contributed by atoms with van der Waals surface area (Å²) in [5.74, 6) is -0.636. The van der Waals surface area contributed by atoms with E-state index in [4.69, 9.17) is 37.0 Å². The summed E-state index contributed by atoms with van der Waals surface area (Å²) in [7, 11) is -9.91. The second kappa shape index (κ2) is 66.9. The van der Waals surface area contributed by atoms with E-state index in [2.05, 4.69) is 41.5 Å². The van der Waals surface area contributed by atoms with E-state index in [1.54, 1.807) is 0 Å². The van der Waals surface area contributed by atoms with E-state index in [0.717, 1.165) is 102 Å². The molecule has 94 heavy (non-hydrogen) atoms. The van der Waals surface area contributed by atoms with Gasteiger partial charge in [0.15, 0.2) is 12.2 Å². The highest BCUT2D eigenvalue weighted by Crippen LogP contribution is 2.45. The van der Waals surface area contributed by atoms with Crippen molar-refractivity contribution < 1.29 is 80.2 Å². The van der Waals surface area contributed by atoms with Gasteiger partial charge in [-0.1, -0.05) is 337 Å². The van der Waals surface area contributed by atoms with Gasteiger partial charge in [-0.05, 0) is 37.5 Å². The van der Waals surface area contributed by atoms with Gasteiger partial charge in [0.1, 0.15) is 19.3 Å². The van der Waals surface area contributed by atoms with Gasteiger partial charge in [0, 0.05) is 25.7 Å². The van der Waals surface area contributed by atoms with Gasteiger partial charge in [-0.2, -0.15) is 0 Å². The Bertz CT molecular complexity index is 1820. The average molecular weight is 1380 g/mol. The van der Waals surface area contributed by atoms with Crippen LogP contribution in [-0.2, 0) is 65.4 Å². The normalized spacial score (nSPS) is 14.3. The van der Waals surface area contributed by atoms with Crippen LogP contribution in [0.5, 0.6) is 0 Å². The number of carbonyl (C=O) groups excluding carboxylic acids is 4. The Labute approximate surface area is 575 Å². The molecule has 3 N–H and O–H groups in total. The van der Waals surface area contributed by atoms with Gasteiger partial charge in [0.05, 0.1) is 26.4 Å². The lowest BCUT2D eigenvalue weighted by atomic mass is 9.99. The standard InChI is InChI=1S/C75H146O17P2/c1-7-10-12-14-16-18-20-22-23-24-25-26-27-28-29-31-33-41-48-54-60-75(80)91-70(63-85-72(77)57-51-45-39-35-34-38-44-50-56-68(6)9-3)65-89-93(81,82)87-61-69(76)62-88-94(83,84)90-66-71(64-86-73(78)58-52-46-42-36-37-43-49-55-67(4)5)92-74(79)59-53-47-40-32-30-21-19-17-15-13-11-8-2/h67-71,76H,7-66H2,1-6H3,(H,81,82)(H,83,84)/t68?,69-,70-,71-/m1/s1. The lowest BCUT2D eigenvalue weighted by Gasteiger charge is -2.21. The monoisotopic (exact) mass is 1380 g/mol. The number of hydrogen-bond acceptors (Lipinski definition) is 15. The number of hydrogen-bond donors (Lipinski definition) is 3. The molecular formula is C75H146O17P2. The van der Waals surface area contributed by atoms with Crippen LogP contribution in [0, 0.1) is 11.8 Å². The predicted octanol–water partition coefficient (Wildman–Crippen LogP) is 21.9. The molecule has 0 aromatic rings. The molecule has 0 spiro atoms. The maximum atomic E-state index is 13.1. The summed E-state index contributed by atoms with van der Waals surface area (Å²) in [5, 5.41) is 10.6. The number of carbonyl (C=O) groups is 4. The van der Waals surface area contributed by atoms with E-state index >= 15 is 0 Å². The third-order valence-corrected chi connectivity index (χ3v) is 19.7. The number of esters is 4. The van der Waals surface area contributed by atoms with E-state index in [-0.39, 0.29) is 25.7 Å². The number of rotatable bonds is 74. The van der Waals surface area contributed by atoms with Crippen molar-refractivity contribution in [2.24, 2.45) is 11.8 Å². The van der Waals surface area contributed by atoms with Gasteiger partial charge < -0.3 is 33.8 Å². The van der Waals surface area contributed by atoms with Gasteiger partial charge in [-0.3, -0.25) is 37.3 Å². The number of unbranched alkanes of at least 4 members (excludes halogenated alkanes) is 43. The molecule has 0 saturated carbocycles. The quantitative estimate of drug-likeness (QED) is 0.0222. The summed E-state index contributed by atoms with van der Waals surface area (Å²) >= 11 is 0. The molecule has 19 heteroatoms. The Morgan fingerprint density at radius 1 is 0.309 bits per heavy atom. The smallest absolute Gasteiger partial charge is 0.462 e. The van der Waals surface area contributed by atoms with Crippen LogP contribution in [0.15, 0.2) is 0 Å². The molecule has 0 bridgehead atoms. The average Bonchev–Trinajstić information content (AvgIpc) is 1.77. The molecule has 6 atom stereocenters. The van der Waals surface area contributed by atoms with Crippen molar-refractivity contribution in [3.8, 4) is 0 Å².